The molecule has 2 aliphatic carbocycles. The summed E-state index contributed by atoms with van der Waals surface area (Å²) in [5.74, 6) is 3.90. The van der Waals surface area contributed by atoms with Crippen LogP contribution in [0, 0.1) is 23.6 Å². The molecule has 0 saturated heterocycles. The van der Waals surface area contributed by atoms with Crippen molar-refractivity contribution in [1.29, 1.82) is 0 Å². The zero-order valence-corrected chi connectivity index (χ0v) is 18.5. The maximum atomic E-state index is 15.3. The van der Waals surface area contributed by atoms with Gasteiger partial charge in [0.05, 0.1) is 0 Å². The van der Waals surface area contributed by atoms with Crippen molar-refractivity contribution in [2.45, 2.75) is 77.0 Å². The second kappa shape index (κ2) is 9.98. The Bertz CT molecular complexity index is 841. The molecule has 30 heavy (non-hydrogen) atoms. The summed E-state index contributed by atoms with van der Waals surface area (Å²) in [4.78, 5) is 0. The van der Waals surface area contributed by atoms with Gasteiger partial charge in [0.25, 0.3) is 0 Å². The van der Waals surface area contributed by atoms with E-state index >= 15 is 4.39 Å². The third kappa shape index (κ3) is 4.74. The number of rotatable bonds is 7. The maximum Gasteiger partial charge on any atom is 0.134 e. The molecule has 0 aromatic heterocycles. The van der Waals surface area contributed by atoms with Crippen molar-refractivity contribution in [3.05, 3.63) is 54.4 Å². The number of ether oxygens (including phenoxy) is 1. The van der Waals surface area contributed by atoms with E-state index in [4.69, 9.17) is 4.74 Å². The normalized spacial score (nSPS) is 27.1. The molecule has 2 heteroatoms. The Morgan fingerprint density at radius 1 is 0.967 bits per heavy atom. The van der Waals surface area contributed by atoms with Crippen molar-refractivity contribution in [3.8, 4) is 5.75 Å². The smallest absolute Gasteiger partial charge is 0.134 e. The molecule has 2 aromatic carbocycles. The van der Waals surface area contributed by atoms with Gasteiger partial charge in [0.1, 0.15) is 18.2 Å². The molecule has 0 bridgehead atoms. The Balaban J connectivity index is 1.38. The van der Waals surface area contributed by atoms with Crippen molar-refractivity contribution in [3.63, 3.8) is 0 Å². The highest BCUT2D eigenvalue weighted by atomic mass is 19.1. The van der Waals surface area contributed by atoms with Crippen molar-refractivity contribution < 1.29 is 9.13 Å². The second-order valence-electron chi connectivity index (χ2n) is 9.63. The standard InChI is InChI=1S/C28H37FO/c1-3-5-20-6-8-21(9-7-20)22-10-12-23(13-11-22)26-16-14-24-19-25(30-18-4-2)15-17-27(24)28(26)29/h4,14-17,19-23H,2-3,5-13,18H2,1H3. The number of hydrogen-bond acceptors (Lipinski definition) is 1. The minimum Gasteiger partial charge on any atom is -0.490 e. The second-order valence-corrected chi connectivity index (χ2v) is 9.63. The van der Waals surface area contributed by atoms with Crippen LogP contribution in [-0.4, -0.2) is 6.61 Å². The zero-order chi connectivity index (χ0) is 20.9. The third-order valence-electron chi connectivity index (χ3n) is 7.79. The molecule has 0 aliphatic heterocycles. The molecule has 0 amide bonds. The third-order valence-corrected chi connectivity index (χ3v) is 7.79. The van der Waals surface area contributed by atoms with Crippen LogP contribution in [0.25, 0.3) is 10.8 Å². The van der Waals surface area contributed by atoms with Gasteiger partial charge in [0.15, 0.2) is 0 Å². The highest BCUT2D eigenvalue weighted by Crippen LogP contribution is 2.45. The molecule has 4 rings (SSSR count). The molecule has 0 radical (unpaired) electrons. The molecular weight excluding hydrogens is 371 g/mol. The lowest BCUT2D eigenvalue weighted by atomic mass is 9.68. The molecule has 2 aliphatic rings. The summed E-state index contributed by atoms with van der Waals surface area (Å²) in [6.45, 7) is 6.46. The highest BCUT2D eigenvalue weighted by molar-refractivity contribution is 5.85. The molecule has 0 atom stereocenters. The van der Waals surface area contributed by atoms with E-state index in [9.17, 15) is 0 Å². The summed E-state index contributed by atoms with van der Waals surface area (Å²) >= 11 is 0. The Morgan fingerprint density at radius 3 is 2.33 bits per heavy atom. The van der Waals surface area contributed by atoms with Gasteiger partial charge in [0, 0.05) is 5.39 Å². The van der Waals surface area contributed by atoms with E-state index in [1.807, 2.05) is 24.3 Å². The molecule has 162 valence electrons. The number of hydrogen-bond donors (Lipinski definition) is 0. The molecule has 0 N–H and O–H groups in total. The molecular formula is C28H37FO. The van der Waals surface area contributed by atoms with Crippen LogP contribution in [0.4, 0.5) is 4.39 Å². The number of benzene rings is 2. The van der Waals surface area contributed by atoms with Crippen LogP contribution in [0.2, 0.25) is 0 Å². The Hall–Kier alpha value is -1.83. The molecule has 1 nitrogen and oxygen atoms in total. The largest absolute Gasteiger partial charge is 0.490 e. The van der Waals surface area contributed by atoms with E-state index in [1.54, 1.807) is 6.08 Å². The van der Waals surface area contributed by atoms with Crippen LogP contribution in [0.3, 0.4) is 0 Å². The van der Waals surface area contributed by atoms with Crippen LogP contribution in [-0.2, 0) is 0 Å². The lowest BCUT2D eigenvalue weighted by Gasteiger charge is -2.38. The molecule has 2 saturated carbocycles. The van der Waals surface area contributed by atoms with Crippen molar-refractivity contribution in [1.82, 2.24) is 0 Å². The van der Waals surface area contributed by atoms with Crippen LogP contribution in [0.15, 0.2) is 43.0 Å². The minimum absolute atomic E-state index is 0.0219. The fraction of sp³-hybridized carbons (Fsp3) is 0.571. The average molecular weight is 409 g/mol. The van der Waals surface area contributed by atoms with Gasteiger partial charge in [-0.25, -0.2) is 4.39 Å². The first-order chi connectivity index (χ1) is 14.7. The molecule has 2 fully saturated rings. The number of halogens is 1. The van der Waals surface area contributed by atoms with Gasteiger partial charge in [-0.1, -0.05) is 57.4 Å². The van der Waals surface area contributed by atoms with Gasteiger partial charge < -0.3 is 4.74 Å². The quantitative estimate of drug-likeness (QED) is 0.418. The summed E-state index contributed by atoms with van der Waals surface area (Å²) in [7, 11) is 0. The molecule has 0 spiro atoms. The summed E-state index contributed by atoms with van der Waals surface area (Å²) in [5.41, 5.74) is 0.923. The van der Waals surface area contributed by atoms with Crippen LogP contribution in [0.5, 0.6) is 5.75 Å². The van der Waals surface area contributed by atoms with Gasteiger partial charge in [-0.05, 0) is 91.3 Å². The first-order valence-corrected chi connectivity index (χ1v) is 12.2. The van der Waals surface area contributed by atoms with E-state index in [-0.39, 0.29) is 5.82 Å². The van der Waals surface area contributed by atoms with E-state index in [0.717, 1.165) is 52.7 Å². The number of fused-ring (bicyclic) bond motifs is 1. The summed E-state index contributed by atoms with van der Waals surface area (Å²) in [6, 6.07) is 9.75. The van der Waals surface area contributed by atoms with Gasteiger partial charge >= 0.3 is 0 Å². The van der Waals surface area contributed by atoms with Crippen LogP contribution >= 0.6 is 0 Å². The van der Waals surface area contributed by atoms with Crippen molar-refractivity contribution in [2.24, 2.45) is 17.8 Å². The Morgan fingerprint density at radius 2 is 1.67 bits per heavy atom. The zero-order valence-electron chi connectivity index (χ0n) is 18.5. The van der Waals surface area contributed by atoms with Crippen LogP contribution < -0.4 is 4.74 Å². The van der Waals surface area contributed by atoms with E-state index < -0.39 is 0 Å². The van der Waals surface area contributed by atoms with Gasteiger partial charge in [0.2, 0.25) is 0 Å². The van der Waals surface area contributed by atoms with E-state index in [1.165, 1.54) is 51.4 Å². The summed E-state index contributed by atoms with van der Waals surface area (Å²) < 4.78 is 20.9. The lowest BCUT2D eigenvalue weighted by molar-refractivity contribution is 0.156. The highest BCUT2D eigenvalue weighted by Gasteiger charge is 2.32. The minimum atomic E-state index is -0.0219. The fourth-order valence-corrected chi connectivity index (χ4v) is 6.11. The van der Waals surface area contributed by atoms with Gasteiger partial charge in [-0.3, -0.25) is 0 Å². The Kier molecular flexibility index (Phi) is 7.12. The van der Waals surface area contributed by atoms with E-state index in [0.29, 0.717) is 12.5 Å². The Labute approximate surface area is 181 Å². The van der Waals surface area contributed by atoms with Crippen molar-refractivity contribution in [2.75, 3.05) is 6.61 Å². The van der Waals surface area contributed by atoms with Crippen LogP contribution in [0.1, 0.15) is 82.6 Å². The fourth-order valence-electron chi connectivity index (χ4n) is 6.11. The lowest BCUT2D eigenvalue weighted by Crippen LogP contribution is -2.25. The summed E-state index contributed by atoms with van der Waals surface area (Å²) in [5, 5.41) is 1.63. The summed E-state index contributed by atoms with van der Waals surface area (Å²) in [6.07, 6.45) is 15.1. The van der Waals surface area contributed by atoms with Crippen molar-refractivity contribution >= 4 is 10.8 Å². The molecule has 0 heterocycles. The maximum absolute atomic E-state index is 15.3. The first-order valence-electron chi connectivity index (χ1n) is 12.2. The van der Waals surface area contributed by atoms with E-state index in [2.05, 4.69) is 19.6 Å². The molecule has 2 aromatic rings. The predicted octanol–water partition coefficient (Wildman–Crippen LogP) is 8.42. The monoisotopic (exact) mass is 408 g/mol. The molecule has 0 unspecified atom stereocenters. The van der Waals surface area contributed by atoms with Gasteiger partial charge in [-0.15, -0.1) is 0 Å². The predicted molar refractivity (Wildman–Crippen MR) is 125 cm³/mol. The van der Waals surface area contributed by atoms with Gasteiger partial charge in [-0.2, -0.15) is 0 Å². The SMILES string of the molecule is C=CCOc1ccc2c(F)c(C3CCC(C4CCC(CCC)CC4)CC3)ccc2c1. The first kappa shape index (κ1) is 21.4. The topological polar surface area (TPSA) is 9.23 Å². The average Bonchev–Trinajstić information content (AvgIpc) is 2.79.